The number of hydrogen-bond acceptors (Lipinski definition) is 2. The Morgan fingerprint density at radius 1 is 1.13 bits per heavy atom. The van der Waals surface area contributed by atoms with Crippen molar-refractivity contribution in [2.75, 3.05) is 38.5 Å². The van der Waals surface area contributed by atoms with Crippen LogP contribution in [-0.2, 0) is 0 Å². The van der Waals surface area contributed by atoms with E-state index >= 15 is 0 Å². The molecule has 122 valence electrons. The number of carbonyl (C=O) groups is 1. The zero-order chi connectivity index (χ0) is 16.2. The van der Waals surface area contributed by atoms with E-state index in [0.29, 0.717) is 13.1 Å². The number of nitrogens with zero attached hydrogens (tertiary/aromatic N) is 3. The van der Waals surface area contributed by atoms with Gasteiger partial charge in [0, 0.05) is 37.7 Å². The van der Waals surface area contributed by atoms with E-state index in [4.69, 9.17) is 0 Å². The lowest BCUT2D eigenvalue weighted by Gasteiger charge is -2.21. The Balaban J connectivity index is 1.74. The van der Waals surface area contributed by atoms with Crippen LogP contribution in [0.15, 0.2) is 42.7 Å². The number of carbonyl (C=O) groups excluding carboxylic acids is 1. The lowest BCUT2D eigenvalue weighted by Crippen LogP contribution is -2.37. The van der Waals surface area contributed by atoms with Gasteiger partial charge in [-0.05, 0) is 50.3 Å². The summed E-state index contributed by atoms with van der Waals surface area (Å²) < 4.78 is 15.9. The Hall–Kier alpha value is -2.34. The predicted octanol–water partition coefficient (Wildman–Crippen LogP) is 2.79. The SMILES string of the molecule is CN1CCCN(C(=O)Nc2cc(-n3cccc3)ccc2F)CC1. The number of urea groups is 1. The second kappa shape index (κ2) is 6.83. The number of nitrogens with one attached hydrogen (secondary N) is 1. The zero-order valence-corrected chi connectivity index (χ0v) is 13.2. The number of benzene rings is 1. The molecule has 6 heteroatoms. The van der Waals surface area contributed by atoms with Gasteiger partial charge in [-0.1, -0.05) is 0 Å². The van der Waals surface area contributed by atoms with Crippen molar-refractivity contribution in [3.05, 3.63) is 48.5 Å². The Kier molecular flexibility index (Phi) is 4.62. The molecule has 5 nitrogen and oxygen atoms in total. The van der Waals surface area contributed by atoms with Crippen LogP contribution in [-0.4, -0.2) is 53.6 Å². The molecule has 1 N–H and O–H groups in total. The summed E-state index contributed by atoms with van der Waals surface area (Å²) in [4.78, 5) is 16.3. The van der Waals surface area contributed by atoms with Crippen molar-refractivity contribution in [1.82, 2.24) is 14.4 Å². The minimum Gasteiger partial charge on any atom is -0.324 e. The Labute approximate surface area is 135 Å². The number of aromatic nitrogens is 1. The summed E-state index contributed by atoms with van der Waals surface area (Å²) in [6.07, 6.45) is 4.68. The maximum absolute atomic E-state index is 14.0. The molecule has 2 aromatic rings. The molecule has 1 fully saturated rings. The monoisotopic (exact) mass is 316 g/mol. The molecule has 1 aliphatic heterocycles. The van der Waals surface area contributed by atoms with Crippen molar-refractivity contribution in [1.29, 1.82) is 0 Å². The zero-order valence-electron chi connectivity index (χ0n) is 13.2. The van der Waals surface area contributed by atoms with Gasteiger partial charge in [-0.3, -0.25) is 0 Å². The topological polar surface area (TPSA) is 40.5 Å². The van der Waals surface area contributed by atoms with E-state index in [9.17, 15) is 9.18 Å². The van der Waals surface area contributed by atoms with Gasteiger partial charge in [0.2, 0.25) is 0 Å². The number of rotatable bonds is 2. The van der Waals surface area contributed by atoms with Crippen molar-refractivity contribution in [3.63, 3.8) is 0 Å². The third-order valence-corrected chi connectivity index (χ3v) is 4.10. The van der Waals surface area contributed by atoms with E-state index in [1.807, 2.05) is 36.1 Å². The molecule has 1 saturated heterocycles. The van der Waals surface area contributed by atoms with E-state index in [2.05, 4.69) is 10.2 Å². The Morgan fingerprint density at radius 2 is 1.91 bits per heavy atom. The molecular formula is C17H21FN4O. The van der Waals surface area contributed by atoms with Crippen molar-refractivity contribution >= 4 is 11.7 Å². The summed E-state index contributed by atoms with van der Waals surface area (Å²) in [5, 5.41) is 2.71. The first kappa shape index (κ1) is 15.6. The molecule has 1 aromatic heterocycles. The summed E-state index contributed by atoms with van der Waals surface area (Å²) in [5.74, 6) is -0.429. The lowest BCUT2D eigenvalue weighted by atomic mass is 10.2. The average molecular weight is 316 g/mol. The minimum atomic E-state index is -0.429. The third kappa shape index (κ3) is 3.71. The fraction of sp³-hybridized carbons (Fsp3) is 0.353. The van der Waals surface area contributed by atoms with E-state index in [1.165, 1.54) is 6.07 Å². The van der Waals surface area contributed by atoms with Gasteiger partial charge >= 0.3 is 6.03 Å². The largest absolute Gasteiger partial charge is 0.324 e. The van der Waals surface area contributed by atoms with E-state index in [-0.39, 0.29) is 11.7 Å². The van der Waals surface area contributed by atoms with Gasteiger partial charge in [0.05, 0.1) is 5.69 Å². The first-order valence-electron chi connectivity index (χ1n) is 7.81. The van der Waals surface area contributed by atoms with Crippen LogP contribution in [0.5, 0.6) is 0 Å². The van der Waals surface area contributed by atoms with Crippen LogP contribution in [0, 0.1) is 5.82 Å². The highest BCUT2D eigenvalue weighted by molar-refractivity contribution is 5.89. The van der Waals surface area contributed by atoms with Crippen LogP contribution in [0.4, 0.5) is 14.9 Å². The Bertz CT molecular complexity index is 671. The number of hydrogen-bond donors (Lipinski definition) is 1. The fourth-order valence-electron chi connectivity index (χ4n) is 2.72. The van der Waals surface area contributed by atoms with Gasteiger partial charge < -0.3 is 19.7 Å². The summed E-state index contributed by atoms with van der Waals surface area (Å²) in [6.45, 7) is 3.15. The van der Waals surface area contributed by atoms with Crippen LogP contribution in [0.1, 0.15) is 6.42 Å². The first-order valence-corrected chi connectivity index (χ1v) is 7.81. The van der Waals surface area contributed by atoms with Crippen LogP contribution in [0.3, 0.4) is 0 Å². The van der Waals surface area contributed by atoms with Crippen molar-refractivity contribution in [2.45, 2.75) is 6.42 Å². The smallest absolute Gasteiger partial charge is 0.321 e. The van der Waals surface area contributed by atoms with E-state index in [0.717, 1.165) is 25.2 Å². The van der Waals surface area contributed by atoms with Gasteiger partial charge in [-0.25, -0.2) is 9.18 Å². The van der Waals surface area contributed by atoms with Crippen LogP contribution in [0.2, 0.25) is 0 Å². The van der Waals surface area contributed by atoms with Gasteiger partial charge in [-0.2, -0.15) is 0 Å². The predicted molar refractivity (Wildman–Crippen MR) is 88.4 cm³/mol. The van der Waals surface area contributed by atoms with Crippen molar-refractivity contribution in [2.24, 2.45) is 0 Å². The number of likely N-dealkylation sites (N-methyl/N-ethyl adjacent to an activating group) is 1. The summed E-state index contributed by atoms with van der Waals surface area (Å²) >= 11 is 0. The van der Waals surface area contributed by atoms with Crippen molar-refractivity contribution in [3.8, 4) is 5.69 Å². The molecule has 1 aromatic carbocycles. The quantitative estimate of drug-likeness (QED) is 0.925. The molecule has 0 bridgehead atoms. The molecule has 23 heavy (non-hydrogen) atoms. The van der Waals surface area contributed by atoms with E-state index in [1.54, 1.807) is 17.0 Å². The maximum Gasteiger partial charge on any atom is 0.321 e. The molecule has 2 heterocycles. The molecule has 1 aliphatic rings. The summed E-state index contributed by atoms with van der Waals surface area (Å²) in [7, 11) is 2.04. The van der Waals surface area contributed by atoms with Gasteiger partial charge in [0.25, 0.3) is 0 Å². The number of halogens is 1. The van der Waals surface area contributed by atoms with Gasteiger partial charge in [0.15, 0.2) is 0 Å². The van der Waals surface area contributed by atoms with E-state index < -0.39 is 5.82 Å². The molecule has 0 spiro atoms. The van der Waals surface area contributed by atoms with Gasteiger partial charge in [0.1, 0.15) is 5.82 Å². The molecule has 0 atom stereocenters. The number of amides is 2. The molecule has 0 unspecified atom stereocenters. The van der Waals surface area contributed by atoms with Crippen LogP contribution in [0.25, 0.3) is 5.69 Å². The second-order valence-corrected chi connectivity index (χ2v) is 5.83. The highest BCUT2D eigenvalue weighted by Crippen LogP contribution is 2.20. The number of anilines is 1. The highest BCUT2D eigenvalue weighted by Gasteiger charge is 2.18. The highest BCUT2D eigenvalue weighted by atomic mass is 19.1. The molecule has 0 radical (unpaired) electrons. The summed E-state index contributed by atoms with van der Waals surface area (Å²) in [5.41, 5.74) is 1.01. The summed E-state index contributed by atoms with van der Waals surface area (Å²) in [6, 6.07) is 8.26. The van der Waals surface area contributed by atoms with Gasteiger partial charge in [-0.15, -0.1) is 0 Å². The standard InChI is InChI=1S/C17H21FN4O/c1-20-7-4-10-22(12-11-20)17(23)19-16-13-14(5-6-15(16)18)21-8-2-3-9-21/h2-3,5-6,8-9,13H,4,7,10-12H2,1H3,(H,19,23). The second-order valence-electron chi connectivity index (χ2n) is 5.83. The first-order chi connectivity index (χ1) is 11.1. The molecule has 0 aliphatic carbocycles. The molecular weight excluding hydrogens is 295 g/mol. The molecule has 2 amide bonds. The normalized spacial score (nSPS) is 16.2. The molecule has 3 rings (SSSR count). The molecule has 0 saturated carbocycles. The lowest BCUT2D eigenvalue weighted by molar-refractivity contribution is 0.213. The Morgan fingerprint density at radius 3 is 2.70 bits per heavy atom. The third-order valence-electron chi connectivity index (χ3n) is 4.10. The van der Waals surface area contributed by atoms with Crippen LogP contribution < -0.4 is 5.32 Å². The van der Waals surface area contributed by atoms with Crippen LogP contribution >= 0.6 is 0 Å². The maximum atomic E-state index is 14.0. The fourth-order valence-corrected chi connectivity index (χ4v) is 2.72. The van der Waals surface area contributed by atoms with Crippen molar-refractivity contribution < 1.29 is 9.18 Å². The minimum absolute atomic E-state index is 0.207. The average Bonchev–Trinajstić information content (AvgIpc) is 2.98.